The first-order valence-electron chi connectivity index (χ1n) is 8.62. The number of carbonyl (C=O) groups excluding carboxylic acids is 1. The van der Waals surface area contributed by atoms with Crippen LogP contribution in [-0.2, 0) is 18.0 Å². The Balaban J connectivity index is 1.70. The van der Waals surface area contributed by atoms with Gasteiger partial charge in [0.2, 0.25) is 0 Å². The highest BCUT2D eigenvalue weighted by Crippen LogP contribution is 2.23. The number of benzene rings is 3. The van der Waals surface area contributed by atoms with Gasteiger partial charge in [-0.25, -0.2) is 4.39 Å². The molecule has 4 nitrogen and oxygen atoms in total. The number of rotatable bonds is 7. The maximum Gasteiger partial charge on any atom is 0.255 e. The zero-order valence-corrected chi connectivity index (χ0v) is 16.0. The third kappa shape index (κ3) is 5.09. The summed E-state index contributed by atoms with van der Waals surface area (Å²) in [6, 6.07) is 18.9. The lowest BCUT2D eigenvalue weighted by molar-refractivity contribution is 0.102. The molecule has 0 atom stereocenters. The van der Waals surface area contributed by atoms with Crippen molar-refractivity contribution in [2.24, 2.45) is 0 Å². The first-order chi connectivity index (χ1) is 13.6. The van der Waals surface area contributed by atoms with Crippen LogP contribution >= 0.6 is 11.6 Å². The van der Waals surface area contributed by atoms with Crippen LogP contribution in [0, 0.1) is 5.82 Å². The molecule has 0 spiro atoms. The van der Waals surface area contributed by atoms with E-state index in [1.807, 2.05) is 30.3 Å². The minimum absolute atomic E-state index is 0.0532. The van der Waals surface area contributed by atoms with Gasteiger partial charge in [-0.05, 0) is 42.0 Å². The van der Waals surface area contributed by atoms with Gasteiger partial charge >= 0.3 is 0 Å². The highest BCUT2D eigenvalue weighted by atomic mass is 35.5. The molecular formula is C22H19ClFNO3. The lowest BCUT2D eigenvalue weighted by atomic mass is 10.1. The number of ether oxygens (including phenoxy) is 2. The third-order valence-corrected chi connectivity index (χ3v) is 4.38. The van der Waals surface area contributed by atoms with Crippen molar-refractivity contribution in [3.05, 3.63) is 94.3 Å². The van der Waals surface area contributed by atoms with Gasteiger partial charge in [0.15, 0.2) is 0 Å². The van der Waals surface area contributed by atoms with Crippen LogP contribution in [0.1, 0.15) is 21.5 Å². The molecule has 1 amide bonds. The van der Waals surface area contributed by atoms with Crippen LogP contribution in [0.5, 0.6) is 5.75 Å². The van der Waals surface area contributed by atoms with Crippen LogP contribution in [-0.4, -0.2) is 13.0 Å². The van der Waals surface area contributed by atoms with Crippen molar-refractivity contribution in [1.82, 2.24) is 0 Å². The second-order valence-electron chi connectivity index (χ2n) is 6.09. The maximum absolute atomic E-state index is 13.3. The van der Waals surface area contributed by atoms with E-state index in [0.717, 1.165) is 11.1 Å². The molecule has 3 aromatic rings. The van der Waals surface area contributed by atoms with Gasteiger partial charge in [-0.3, -0.25) is 4.79 Å². The number of hydrogen-bond acceptors (Lipinski definition) is 3. The number of hydrogen-bond donors (Lipinski definition) is 1. The Kier molecular flexibility index (Phi) is 6.63. The molecule has 0 fully saturated rings. The van der Waals surface area contributed by atoms with Crippen LogP contribution in [0.4, 0.5) is 10.1 Å². The minimum Gasteiger partial charge on any atom is -0.496 e. The second kappa shape index (κ2) is 9.35. The molecule has 1 N–H and O–H groups in total. The number of methoxy groups -OCH3 is 1. The fraction of sp³-hybridized carbons (Fsp3) is 0.136. The summed E-state index contributed by atoms with van der Waals surface area (Å²) in [6.07, 6.45) is 0. The Hall–Kier alpha value is -2.89. The molecule has 0 aliphatic carbocycles. The molecule has 3 aromatic carbocycles. The minimum atomic E-state index is -0.540. The summed E-state index contributed by atoms with van der Waals surface area (Å²) in [4.78, 5) is 12.5. The third-order valence-electron chi connectivity index (χ3n) is 4.09. The molecule has 0 aliphatic heterocycles. The van der Waals surface area contributed by atoms with E-state index < -0.39 is 5.82 Å². The van der Waals surface area contributed by atoms with Gasteiger partial charge in [0.1, 0.15) is 11.6 Å². The van der Waals surface area contributed by atoms with Crippen LogP contribution in [0.15, 0.2) is 66.7 Å². The summed E-state index contributed by atoms with van der Waals surface area (Å²) in [6.45, 7) is 0.746. The zero-order valence-electron chi connectivity index (χ0n) is 15.2. The van der Waals surface area contributed by atoms with Gasteiger partial charge in [0.05, 0.1) is 25.3 Å². The summed E-state index contributed by atoms with van der Waals surface area (Å²) in [5.74, 6) is -0.244. The normalized spacial score (nSPS) is 10.5. The van der Waals surface area contributed by atoms with E-state index in [-0.39, 0.29) is 10.9 Å². The van der Waals surface area contributed by atoms with E-state index in [0.29, 0.717) is 30.2 Å². The SMILES string of the molecule is COc1ccc(C(=O)Nc2ccc(F)c(Cl)c2)cc1COCc1ccccc1. The maximum atomic E-state index is 13.3. The van der Waals surface area contributed by atoms with Crippen molar-refractivity contribution in [2.75, 3.05) is 12.4 Å². The molecule has 0 unspecified atom stereocenters. The standard InChI is InChI=1S/C22H19ClFNO3/c1-27-21-10-7-16(22(26)25-18-8-9-20(24)19(23)12-18)11-17(21)14-28-13-15-5-3-2-4-6-15/h2-12H,13-14H2,1H3,(H,25,26). The van der Waals surface area contributed by atoms with Crippen molar-refractivity contribution in [3.63, 3.8) is 0 Å². The lowest BCUT2D eigenvalue weighted by Gasteiger charge is -2.12. The Labute approximate surface area is 167 Å². The van der Waals surface area contributed by atoms with Gasteiger partial charge in [0.25, 0.3) is 5.91 Å². The monoisotopic (exact) mass is 399 g/mol. The van der Waals surface area contributed by atoms with E-state index in [2.05, 4.69) is 5.32 Å². The average Bonchev–Trinajstić information content (AvgIpc) is 2.71. The molecule has 3 rings (SSSR count). The predicted molar refractivity (Wildman–Crippen MR) is 107 cm³/mol. The Morgan fingerprint density at radius 3 is 2.54 bits per heavy atom. The Morgan fingerprint density at radius 1 is 1.04 bits per heavy atom. The molecule has 0 bridgehead atoms. The van der Waals surface area contributed by atoms with Crippen LogP contribution in [0.3, 0.4) is 0 Å². The summed E-state index contributed by atoms with van der Waals surface area (Å²) >= 11 is 5.76. The van der Waals surface area contributed by atoms with E-state index in [4.69, 9.17) is 21.1 Å². The van der Waals surface area contributed by atoms with Gasteiger partial charge in [-0.2, -0.15) is 0 Å². The first kappa shape index (κ1) is 19.9. The topological polar surface area (TPSA) is 47.6 Å². The quantitative estimate of drug-likeness (QED) is 0.574. The number of halogens is 2. The molecule has 28 heavy (non-hydrogen) atoms. The van der Waals surface area contributed by atoms with E-state index >= 15 is 0 Å². The van der Waals surface area contributed by atoms with Gasteiger partial charge in [-0.1, -0.05) is 41.9 Å². The fourth-order valence-corrected chi connectivity index (χ4v) is 2.84. The molecule has 0 aliphatic rings. The van der Waals surface area contributed by atoms with Crippen molar-refractivity contribution >= 4 is 23.2 Å². The van der Waals surface area contributed by atoms with Crippen LogP contribution in [0.25, 0.3) is 0 Å². The number of amides is 1. The zero-order chi connectivity index (χ0) is 19.9. The first-order valence-corrected chi connectivity index (χ1v) is 8.99. The number of anilines is 1. The highest BCUT2D eigenvalue weighted by Gasteiger charge is 2.12. The Bertz CT molecular complexity index is 963. The van der Waals surface area contributed by atoms with Crippen molar-refractivity contribution in [1.29, 1.82) is 0 Å². The largest absolute Gasteiger partial charge is 0.496 e. The molecular weight excluding hydrogens is 381 g/mol. The number of nitrogens with one attached hydrogen (secondary N) is 1. The van der Waals surface area contributed by atoms with Crippen LogP contribution < -0.4 is 10.1 Å². The smallest absolute Gasteiger partial charge is 0.255 e. The molecule has 144 valence electrons. The molecule has 0 aromatic heterocycles. The predicted octanol–water partition coefficient (Wildman–Crippen LogP) is 5.46. The van der Waals surface area contributed by atoms with Gasteiger partial charge in [-0.15, -0.1) is 0 Å². The lowest BCUT2D eigenvalue weighted by Crippen LogP contribution is -2.12. The molecule has 0 saturated heterocycles. The van der Waals surface area contributed by atoms with Crippen molar-refractivity contribution in [2.45, 2.75) is 13.2 Å². The van der Waals surface area contributed by atoms with Gasteiger partial charge in [0, 0.05) is 16.8 Å². The molecule has 0 radical (unpaired) electrons. The second-order valence-corrected chi connectivity index (χ2v) is 6.50. The average molecular weight is 400 g/mol. The number of carbonyl (C=O) groups is 1. The van der Waals surface area contributed by atoms with Crippen molar-refractivity contribution < 1.29 is 18.7 Å². The highest BCUT2D eigenvalue weighted by molar-refractivity contribution is 6.31. The summed E-state index contributed by atoms with van der Waals surface area (Å²) in [5, 5.41) is 2.65. The fourth-order valence-electron chi connectivity index (χ4n) is 2.66. The van der Waals surface area contributed by atoms with Gasteiger partial charge < -0.3 is 14.8 Å². The van der Waals surface area contributed by atoms with Crippen molar-refractivity contribution in [3.8, 4) is 5.75 Å². The summed E-state index contributed by atoms with van der Waals surface area (Å²) in [7, 11) is 1.57. The van der Waals surface area contributed by atoms with E-state index in [1.54, 1.807) is 25.3 Å². The molecule has 0 saturated carbocycles. The van der Waals surface area contributed by atoms with E-state index in [9.17, 15) is 9.18 Å². The summed E-state index contributed by atoms with van der Waals surface area (Å²) < 4.78 is 24.4. The van der Waals surface area contributed by atoms with E-state index in [1.165, 1.54) is 18.2 Å². The summed E-state index contributed by atoms with van der Waals surface area (Å²) in [5.41, 5.74) is 2.65. The molecule has 6 heteroatoms. The van der Waals surface area contributed by atoms with Crippen LogP contribution in [0.2, 0.25) is 5.02 Å². The molecule has 0 heterocycles. The Morgan fingerprint density at radius 2 is 1.82 bits per heavy atom.